The Balaban J connectivity index is 1.83. The normalized spacial score (nSPS) is 20.6. The maximum absolute atomic E-state index is 11.3. The van der Waals surface area contributed by atoms with Crippen molar-refractivity contribution >= 4 is 56.6 Å². The lowest BCUT2D eigenvalue weighted by Crippen LogP contribution is -2.40. The molecule has 1 aromatic rings. The van der Waals surface area contributed by atoms with Crippen LogP contribution in [0.15, 0.2) is 23.3 Å². The highest BCUT2D eigenvalue weighted by Gasteiger charge is 2.28. The van der Waals surface area contributed by atoms with Crippen molar-refractivity contribution in [2.24, 2.45) is 5.10 Å². The van der Waals surface area contributed by atoms with E-state index in [1.807, 2.05) is 0 Å². The summed E-state index contributed by atoms with van der Waals surface area (Å²) in [6.45, 7) is 0. The molecule has 1 saturated heterocycles. The molecule has 1 aliphatic rings. The van der Waals surface area contributed by atoms with E-state index in [1.54, 1.807) is 24.4 Å². The number of sulfone groups is 1. The SMILES string of the molecule is O=S1(=O)CC[C@H](NC(=S)N/N=C\c2ccc(Cl)c(Cl)c2)C1. The monoisotopic (exact) mass is 365 g/mol. The molecule has 5 nitrogen and oxygen atoms in total. The number of nitrogens with zero attached hydrogens (tertiary/aromatic N) is 1. The first kappa shape index (κ1) is 16.5. The number of nitrogens with one attached hydrogen (secondary N) is 2. The van der Waals surface area contributed by atoms with Crippen LogP contribution in [0.2, 0.25) is 10.0 Å². The van der Waals surface area contributed by atoms with Gasteiger partial charge in [-0.2, -0.15) is 5.10 Å². The third-order valence-electron chi connectivity index (χ3n) is 2.89. The number of thiocarbonyl (C=S) groups is 1. The summed E-state index contributed by atoms with van der Waals surface area (Å²) < 4.78 is 22.6. The number of hydrogen-bond acceptors (Lipinski definition) is 4. The van der Waals surface area contributed by atoms with Gasteiger partial charge in [0.2, 0.25) is 0 Å². The summed E-state index contributed by atoms with van der Waals surface area (Å²) in [5.74, 6) is 0.297. The van der Waals surface area contributed by atoms with Crippen molar-refractivity contribution in [3.05, 3.63) is 33.8 Å². The first-order valence-corrected chi connectivity index (χ1v) is 9.09. The molecule has 1 aromatic carbocycles. The summed E-state index contributed by atoms with van der Waals surface area (Å²) in [7, 11) is -2.93. The molecule has 0 aromatic heterocycles. The quantitative estimate of drug-likeness (QED) is 0.486. The fraction of sp³-hybridized carbons (Fsp3) is 0.333. The largest absolute Gasteiger partial charge is 0.358 e. The fourth-order valence-electron chi connectivity index (χ4n) is 1.88. The molecule has 9 heteroatoms. The summed E-state index contributed by atoms with van der Waals surface area (Å²) in [4.78, 5) is 0. The van der Waals surface area contributed by atoms with Crippen LogP contribution < -0.4 is 10.7 Å². The summed E-state index contributed by atoms with van der Waals surface area (Å²) in [5, 5.41) is 8.08. The van der Waals surface area contributed by atoms with Crippen molar-refractivity contribution in [2.45, 2.75) is 12.5 Å². The summed E-state index contributed by atoms with van der Waals surface area (Å²) >= 11 is 16.7. The molecule has 1 aliphatic heterocycles. The summed E-state index contributed by atoms with van der Waals surface area (Å²) in [5.41, 5.74) is 3.41. The number of rotatable bonds is 3. The Labute approximate surface area is 138 Å². The van der Waals surface area contributed by atoms with Gasteiger partial charge >= 0.3 is 0 Å². The van der Waals surface area contributed by atoms with Crippen LogP contribution in [-0.4, -0.2) is 37.3 Å². The number of halogens is 2. The molecule has 0 saturated carbocycles. The Morgan fingerprint density at radius 2 is 2.14 bits per heavy atom. The van der Waals surface area contributed by atoms with Gasteiger partial charge in [-0.15, -0.1) is 0 Å². The maximum atomic E-state index is 11.3. The van der Waals surface area contributed by atoms with Crippen molar-refractivity contribution in [1.29, 1.82) is 0 Å². The third-order valence-corrected chi connectivity index (χ3v) is 5.61. The van der Waals surface area contributed by atoms with Gasteiger partial charge in [-0.1, -0.05) is 29.3 Å². The molecule has 0 aliphatic carbocycles. The van der Waals surface area contributed by atoms with Crippen molar-refractivity contribution in [1.82, 2.24) is 10.7 Å². The van der Waals surface area contributed by atoms with Gasteiger partial charge in [-0.3, -0.25) is 5.43 Å². The van der Waals surface area contributed by atoms with Crippen LogP contribution in [0, 0.1) is 0 Å². The molecule has 0 unspecified atom stereocenters. The first-order valence-electron chi connectivity index (χ1n) is 6.11. The predicted molar refractivity (Wildman–Crippen MR) is 90.0 cm³/mol. The molecule has 2 rings (SSSR count). The van der Waals surface area contributed by atoms with Crippen LogP contribution in [-0.2, 0) is 9.84 Å². The Morgan fingerprint density at radius 1 is 1.38 bits per heavy atom. The lowest BCUT2D eigenvalue weighted by atomic mass is 10.2. The van der Waals surface area contributed by atoms with Gasteiger partial charge < -0.3 is 5.32 Å². The minimum atomic E-state index is -2.93. The van der Waals surface area contributed by atoms with E-state index in [0.29, 0.717) is 16.5 Å². The van der Waals surface area contributed by atoms with Crippen LogP contribution in [0.25, 0.3) is 0 Å². The van der Waals surface area contributed by atoms with Gasteiger partial charge in [-0.05, 0) is 36.3 Å². The molecule has 0 spiro atoms. The molecule has 1 atom stereocenters. The predicted octanol–water partition coefficient (Wildman–Crippen LogP) is 1.98. The van der Waals surface area contributed by atoms with E-state index in [9.17, 15) is 8.42 Å². The Bertz CT molecular complexity index is 677. The van der Waals surface area contributed by atoms with E-state index in [4.69, 9.17) is 35.4 Å². The highest BCUT2D eigenvalue weighted by atomic mass is 35.5. The molecule has 0 amide bonds. The van der Waals surface area contributed by atoms with E-state index in [1.165, 1.54) is 0 Å². The number of hydrogen-bond donors (Lipinski definition) is 2. The van der Waals surface area contributed by atoms with Crippen molar-refractivity contribution in [2.75, 3.05) is 11.5 Å². The van der Waals surface area contributed by atoms with Crippen LogP contribution in [0.4, 0.5) is 0 Å². The molecule has 21 heavy (non-hydrogen) atoms. The number of hydrazone groups is 1. The second kappa shape index (κ2) is 6.91. The fourth-order valence-corrected chi connectivity index (χ4v) is 4.08. The first-order chi connectivity index (χ1) is 9.85. The van der Waals surface area contributed by atoms with Crippen molar-refractivity contribution in [3.63, 3.8) is 0 Å². The molecule has 2 N–H and O–H groups in total. The van der Waals surface area contributed by atoms with Crippen molar-refractivity contribution in [3.8, 4) is 0 Å². The van der Waals surface area contributed by atoms with Gasteiger partial charge in [0.25, 0.3) is 0 Å². The van der Waals surface area contributed by atoms with Gasteiger partial charge in [-0.25, -0.2) is 8.42 Å². The van der Waals surface area contributed by atoms with Gasteiger partial charge in [0, 0.05) is 6.04 Å². The Hall–Kier alpha value is -0.890. The average molecular weight is 366 g/mol. The highest BCUT2D eigenvalue weighted by molar-refractivity contribution is 7.91. The smallest absolute Gasteiger partial charge is 0.187 e. The molecular weight excluding hydrogens is 353 g/mol. The minimum absolute atomic E-state index is 0.103. The van der Waals surface area contributed by atoms with E-state index >= 15 is 0 Å². The lowest BCUT2D eigenvalue weighted by molar-refractivity contribution is 0.600. The zero-order valence-corrected chi connectivity index (χ0v) is 14.0. The van der Waals surface area contributed by atoms with E-state index in [2.05, 4.69) is 15.8 Å². The topological polar surface area (TPSA) is 70.6 Å². The van der Waals surface area contributed by atoms with Crippen LogP contribution in [0.5, 0.6) is 0 Å². The van der Waals surface area contributed by atoms with E-state index < -0.39 is 9.84 Å². The Kier molecular flexibility index (Phi) is 5.43. The number of benzene rings is 1. The second-order valence-corrected chi connectivity index (χ2v) is 8.07. The molecule has 0 bridgehead atoms. The Morgan fingerprint density at radius 3 is 2.76 bits per heavy atom. The van der Waals surface area contributed by atoms with Gasteiger partial charge in [0.15, 0.2) is 14.9 Å². The lowest BCUT2D eigenvalue weighted by Gasteiger charge is -2.12. The van der Waals surface area contributed by atoms with Gasteiger partial charge in [0.05, 0.1) is 27.8 Å². The molecule has 1 heterocycles. The van der Waals surface area contributed by atoms with E-state index in [0.717, 1.165) is 5.56 Å². The summed E-state index contributed by atoms with van der Waals surface area (Å²) in [6, 6.07) is 4.95. The second-order valence-electron chi connectivity index (χ2n) is 4.62. The average Bonchev–Trinajstić information content (AvgIpc) is 2.73. The van der Waals surface area contributed by atoms with E-state index in [-0.39, 0.29) is 22.7 Å². The van der Waals surface area contributed by atoms with Gasteiger partial charge in [0.1, 0.15) is 0 Å². The standard InChI is InChI=1S/C12H13Cl2N3O2S2/c13-10-2-1-8(5-11(10)14)6-15-17-12(20)16-9-3-4-21(18,19)7-9/h1-2,5-6,9H,3-4,7H2,(H2,16,17,20)/b15-6-/t9-/m0/s1. The molecule has 1 fully saturated rings. The molecular formula is C12H13Cl2N3O2S2. The zero-order chi connectivity index (χ0) is 15.5. The third kappa shape index (κ3) is 5.10. The molecule has 114 valence electrons. The maximum Gasteiger partial charge on any atom is 0.187 e. The van der Waals surface area contributed by atoms with Crippen LogP contribution in [0.3, 0.4) is 0 Å². The zero-order valence-electron chi connectivity index (χ0n) is 10.8. The van der Waals surface area contributed by atoms with Crippen molar-refractivity contribution < 1.29 is 8.42 Å². The highest BCUT2D eigenvalue weighted by Crippen LogP contribution is 2.21. The summed E-state index contributed by atoms with van der Waals surface area (Å²) in [6.07, 6.45) is 2.10. The molecule has 0 radical (unpaired) electrons. The van der Waals surface area contributed by atoms with Crippen LogP contribution >= 0.6 is 35.4 Å². The van der Waals surface area contributed by atoms with Crippen LogP contribution in [0.1, 0.15) is 12.0 Å². The minimum Gasteiger partial charge on any atom is -0.358 e.